The number of benzene rings is 2. The molecule has 2 aromatic carbocycles. The van der Waals surface area contributed by atoms with Crippen LogP contribution in [0.4, 0.5) is 0 Å². The number of aliphatic hydroxyl groups excluding tert-OH is 4. The van der Waals surface area contributed by atoms with E-state index in [1.54, 1.807) is 35.3 Å². The van der Waals surface area contributed by atoms with Gasteiger partial charge in [0.05, 0.1) is 19.1 Å². The zero-order chi connectivity index (χ0) is 22.8. The van der Waals surface area contributed by atoms with E-state index in [0.717, 1.165) is 11.1 Å². The zero-order valence-electron chi connectivity index (χ0n) is 17.4. The Labute approximate surface area is 190 Å². The van der Waals surface area contributed by atoms with E-state index in [2.05, 4.69) is 4.98 Å². The molecule has 1 fully saturated rings. The molecule has 0 saturated carbocycles. The highest BCUT2D eigenvalue weighted by Crippen LogP contribution is 2.34. The number of hydrogen-bond acceptors (Lipinski definition) is 7. The Kier molecular flexibility index (Phi) is 6.80. The fourth-order valence-corrected chi connectivity index (χ4v) is 3.93. The van der Waals surface area contributed by atoms with E-state index in [4.69, 9.17) is 21.1 Å². The van der Waals surface area contributed by atoms with E-state index in [1.165, 1.54) is 0 Å². The molecule has 8 nitrogen and oxygen atoms in total. The van der Waals surface area contributed by atoms with Crippen molar-refractivity contribution < 1.29 is 29.9 Å². The van der Waals surface area contributed by atoms with Gasteiger partial charge in [-0.3, -0.25) is 0 Å². The van der Waals surface area contributed by atoms with Crippen molar-refractivity contribution in [2.24, 2.45) is 7.05 Å². The molecule has 4 rings (SSSR count). The van der Waals surface area contributed by atoms with E-state index in [-0.39, 0.29) is 0 Å². The Morgan fingerprint density at radius 3 is 2.47 bits per heavy atom. The summed E-state index contributed by atoms with van der Waals surface area (Å²) in [5.41, 5.74) is 2.40. The molecule has 2 heterocycles. The number of aryl methyl sites for hydroxylation is 1. The second-order valence-corrected chi connectivity index (χ2v) is 8.27. The van der Waals surface area contributed by atoms with Crippen LogP contribution in [0.2, 0.25) is 5.02 Å². The predicted molar refractivity (Wildman–Crippen MR) is 117 cm³/mol. The normalized spacial score (nSPS) is 25.6. The molecule has 4 N–H and O–H groups in total. The first kappa shape index (κ1) is 22.7. The molecular formula is C23H25ClN2O6. The number of aliphatic hydroxyl groups is 4. The number of imidazole rings is 1. The van der Waals surface area contributed by atoms with Crippen molar-refractivity contribution >= 4 is 11.6 Å². The van der Waals surface area contributed by atoms with Crippen LogP contribution in [-0.4, -0.2) is 61.0 Å². The molecule has 1 unspecified atom stereocenters. The van der Waals surface area contributed by atoms with E-state index in [1.807, 2.05) is 31.3 Å². The van der Waals surface area contributed by atoms with Gasteiger partial charge in [0.15, 0.2) is 0 Å². The van der Waals surface area contributed by atoms with Crippen molar-refractivity contribution in [3.63, 3.8) is 0 Å². The number of ether oxygens (including phenoxy) is 2. The molecule has 0 bridgehead atoms. The number of aromatic nitrogens is 2. The lowest BCUT2D eigenvalue weighted by molar-refractivity contribution is -0.231. The number of hydrogen-bond donors (Lipinski definition) is 4. The van der Waals surface area contributed by atoms with Crippen molar-refractivity contribution in [2.75, 3.05) is 6.61 Å². The minimum atomic E-state index is -1.43. The Hall–Kier alpha value is -2.46. The second kappa shape index (κ2) is 9.58. The highest BCUT2D eigenvalue weighted by atomic mass is 35.5. The van der Waals surface area contributed by atoms with Crippen LogP contribution < -0.4 is 4.74 Å². The maximum atomic E-state index is 10.4. The van der Waals surface area contributed by atoms with E-state index in [9.17, 15) is 20.4 Å². The SMILES string of the molecule is Cn1cncc1Oc1ccc(Cc2cc([C@@H]3O[C@H](CO)[C@@H](O)C(O)[C@H]3O)ccc2Cl)cc1. The van der Waals surface area contributed by atoms with Crippen molar-refractivity contribution in [1.29, 1.82) is 0 Å². The minimum Gasteiger partial charge on any atom is -0.439 e. The van der Waals surface area contributed by atoms with Gasteiger partial charge >= 0.3 is 0 Å². The van der Waals surface area contributed by atoms with Crippen LogP contribution in [0.1, 0.15) is 22.8 Å². The quantitative estimate of drug-likeness (QED) is 0.444. The van der Waals surface area contributed by atoms with E-state index >= 15 is 0 Å². The predicted octanol–water partition coefficient (Wildman–Crippen LogP) is 1.97. The van der Waals surface area contributed by atoms with Crippen LogP contribution in [0.25, 0.3) is 0 Å². The molecule has 32 heavy (non-hydrogen) atoms. The lowest BCUT2D eigenvalue weighted by Gasteiger charge is -2.40. The van der Waals surface area contributed by atoms with Crippen molar-refractivity contribution in [1.82, 2.24) is 9.55 Å². The van der Waals surface area contributed by atoms with Gasteiger partial charge in [0, 0.05) is 12.1 Å². The minimum absolute atomic E-state index is 0.477. The number of nitrogens with zero attached hydrogens (tertiary/aromatic N) is 2. The number of halogens is 1. The lowest BCUT2D eigenvalue weighted by Crippen LogP contribution is -2.55. The van der Waals surface area contributed by atoms with Crippen molar-refractivity contribution in [3.8, 4) is 11.6 Å². The topological polar surface area (TPSA) is 117 Å². The molecule has 1 saturated heterocycles. The van der Waals surface area contributed by atoms with Gasteiger partial charge < -0.3 is 34.5 Å². The molecule has 1 aromatic heterocycles. The smallest absolute Gasteiger partial charge is 0.219 e. The third kappa shape index (κ3) is 4.66. The first-order chi connectivity index (χ1) is 15.4. The molecule has 0 spiro atoms. The fourth-order valence-electron chi connectivity index (χ4n) is 3.74. The summed E-state index contributed by atoms with van der Waals surface area (Å²) in [6.45, 7) is -0.477. The summed E-state index contributed by atoms with van der Waals surface area (Å²) in [5.74, 6) is 1.31. The van der Waals surface area contributed by atoms with E-state index < -0.39 is 37.1 Å². The summed E-state index contributed by atoms with van der Waals surface area (Å²) in [4.78, 5) is 4.02. The molecule has 0 aliphatic carbocycles. The zero-order valence-corrected chi connectivity index (χ0v) is 18.1. The molecule has 0 amide bonds. The summed E-state index contributed by atoms with van der Waals surface area (Å²) < 4.78 is 13.2. The average Bonchev–Trinajstić information content (AvgIpc) is 3.19. The summed E-state index contributed by atoms with van der Waals surface area (Å²) in [7, 11) is 1.85. The van der Waals surface area contributed by atoms with Gasteiger partial charge in [-0.1, -0.05) is 35.9 Å². The molecule has 170 valence electrons. The third-order valence-corrected chi connectivity index (χ3v) is 5.97. The fraction of sp³-hybridized carbons (Fsp3) is 0.348. The largest absolute Gasteiger partial charge is 0.439 e. The van der Waals surface area contributed by atoms with Crippen LogP contribution in [0.5, 0.6) is 11.6 Å². The van der Waals surface area contributed by atoms with Gasteiger partial charge in [-0.05, 0) is 41.3 Å². The Balaban J connectivity index is 1.51. The van der Waals surface area contributed by atoms with Crippen LogP contribution in [-0.2, 0) is 18.2 Å². The molecule has 1 aliphatic heterocycles. The van der Waals surface area contributed by atoms with Crippen LogP contribution in [0, 0.1) is 0 Å². The summed E-state index contributed by atoms with van der Waals surface area (Å²) in [6.07, 6.45) is -2.23. The molecule has 3 aromatic rings. The van der Waals surface area contributed by atoms with Gasteiger partial charge in [-0.2, -0.15) is 0 Å². The molecule has 5 atom stereocenters. The molecule has 1 aliphatic rings. The highest BCUT2D eigenvalue weighted by molar-refractivity contribution is 6.31. The Bertz CT molecular complexity index is 1050. The van der Waals surface area contributed by atoms with Crippen LogP contribution >= 0.6 is 11.6 Å². The molecular weight excluding hydrogens is 436 g/mol. The van der Waals surface area contributed by atoms with E-state index in [0.29, 0.717) is 28.6 Å². The van der Waals surface area contributed by atoms with Gasteiger partial charge in [0.25, 0.3) is 0 Å². The third-order valence-electron chi connectivity index (χ3n) is 5.60. The summed E-state index contributed by atoms with van der Waals surface area (Å²) in [6, 6.07) is 12.8. The van der Waals surface area contributed by atoms with Crippen LogP contribution in [0.3, 0.4) is 0 Å². The lowest BCUT2D eigenvalue weighted by atomic mass is 9.90. The average molecular weight is 461 g/mol. The highest BCUT2D eigenvalue weighted by Gasteiger charge is 2.44. The standard InChI is InChI=1S/C23H25ClN2O6/c1-26-12-25-10-19(26)31-16-5-2-13(3-6-16)8-15-9-14(4-7-17(15)24)23-22(30)21(29)20(28)18(11-27)32-23/h2-7,9-10,12,18,20-23,27-30H,8,11H2,1H3/t18-,20-,21?,22-,23+/m1/s1. The Morgan fingerprint density at radius 1 is 1.06 bits per heavy atom. The summed E-state index contributed by atoms with van der Waals surface area (Å²) in [5, 5.41) is 40.5. The monoisotopic (exact) mass is 460 g/mol. The first-order valence-corrected chi connectivity index (χ1v) is 10.6. The van der Waals surface area contributed by atoms with Gasteiger partial charge in [0.2, 0.25) is 5.88 Å². The maximum Gasteiger partial charge on any atom is 0.219 e. The Morgan fingerprint density at radius 2 is 1.81 bits per heavy atom. The first-order valence-electron chi connectivity index (χ1n) is 10.2. The maximum absolute atomic E-state index is 10.4. The van der Waals surface area contributed by atoms with Gasteiger partial charge in [0.1, 0.15) is 36.3 Å². The molecule has 0 radical (unpaired) electrons. The van der Waals surface area contributed by atoms with Crippen molar-refractivity contribution in [3.05, 3.63) is 76.7 Å². The van der Waals surface area contributed by atoms with Gasteiger partial charge in [-0.15, -0.1) is 0 Å². The number of rotatable bonds is 6. The second-order valence-electron chi connectivity index (χ2n) is 7.87. The van der Waals surface area contributed by atoms with Crippen molar-refractivity contribution in [2.45, 2.75) is 36.9 Å². The summed E-state index contributed by atoms with van der Waals surface area (Å²) >= 11 is 6.41. The molecule has 9 heteroatoms. The van der Waals surface area contributed by atoms with Gasteiger partial charge in [-0.25, -0.2) is 4.98 Å². The van der Waals surface area contributed by atoms with Crippen LogP contribution in [0.15, 0.2) is 55.0 Å².